The molecule has 2 aromatic carbocycles. The van der Waals surface area contributed by atoms with Crippen molar-refractivity contribution in [2.45, 2.75) is 25.1 Å². The van der Waals surface area contributed by atoms with Gasteiger partial charge in [-0.1, -0.05) is 60.7 Å². The van der Waals surface area contributed by atoms with Gasteiger partial charge < -0.3 is 10.5 Å². The van der Waals surface area contributed by atoms with Gasteiger partial charge in [0.2, 0.25) is 11.4 Å². The third-order valence-electron chi connectivity index (χ3n) is 4.12. The Balaban J connectivity index is 1.69. The second-order valence-electron chi connectivity index (χ2n) is 5.98. The highest BCUT2D eigenvalue weighted by Gasteiger charge is 2.55. The summed E-state index contributed by atoms with van der Waals surface area (Å²) in [6, 6.07) is 18.1. The van der Waals surface area contributed by atoms with Crippen LogP contribution >= 0.6 is 0 Å². The van der Waals surface area contributed by atoms with Crippen molar-refractivity contribution in [3.8, 4) is 0 Å². The summed E-state index contributed by atoms with van der Waals surface area (Å²) in [4.78, 5) is 38.1. The number of likely N-dealkylation sites (tertiary alicyclic amines) is 1. The highest BCUT2D eigenvalue weighted by molar-refractivity contribution is 6.19. The molecule has 0 saturated carbocycles. The van der Waals surface area contributed by atoms with Crippen LogP contribution in [0.3, 0.4) is 0 Å². The maximum absolute atomic E-state index is 12.6. The lowest BCUT2D eigenvalue weighted by molar-refractivity contribution is -0.156. The topological polar surface area (TPSA) is 89.7 Å². The van der Waals surface area contributed by atoms with Crippen molar-refractivity contribution < 1.29 is 19.1 Å². The summed E-state index contributed by atoms with van der Waals surface area (Å²) in [5, 5.41) is 0. The molecular weight excluding hydrogens is 320 g/mol. The fourth-order valence-electron chi connectivity index (χ4n) is 2.70. The second kappa shape index (κ2) is 6.86. The summed E-state index contributed by atoms with van der Waals surface area (Å²) >= 11 is 0. The molecule has 25 heavy (non-hydrogen) atoms. The quantitative estimate of drug-likeness (QED) is 0.505. The number of nitrogens with two attached hydrogens (primary N) is 1. The minimum atomic E-state index is -1.96. The van der Waals surface area contributed by atoms with E-state index in [0.717, 1.165) is 16.0 Å². The van der Waals surface area contributed by atoms with Crippen molar-refractivity contribution in [1.29, 1.82) is 0 Å². The third kappa shape index (κ3) is 3.44. The Bertz CT molecular complexity index is 792. The zero-order valence-electron chi connectivity index (χ0n) is 13.6. The molecule has 2 N–H and O–H groups in total. The summed E-state index contributed by atoms with van der Waals surface area (Å²) in [6.45, 7) is 0.0855. The van der Waals surface area contributed by atoms with Gasteiger partial charge in [0.1, 0.15) is 6.61 Å². The van der Waals surface area contributed by atoms with Crippen molar-refractivity contribution in [2.75, 3.05) is 0 Å². The number of amides is 2. The van der Waals surface area contributed by atoms with Gasteiger partial charge in [-0.25, -0.2) is 4.79 Å². The lowest BCUT2D eigenvalue weighted by Gasteiger charge is -2.20. The molecule has 2 amide bonds. The molecule has 1 heterocycles. The Labute approximate surface area is 145 Å². The molecule has 1 fully saturated rings. The van der Waals surface area contributed by atoms with E-state index in [0.29, 0.717) is 0 Å². The average molecular weight is 338 g/mol. The number of carbonyl (C=O) groups excluding carboxylic acids is 3. The number of rotatable bonds is 5. The summed E-state index contributed by atoms with van der Waals surface area (Å²) in [7, 11) is 0. The number of imide groups is 1. The van der Waals surface area contributed by atoms with Crippen LogP contribution in [0.4, 0.5) is 0 Å². The highest BCUT2D eigenvalue weighted by Crippen LogP contribution is 2.25. The van der Waals surface area contributed by atoms with E-state index < -0.39 is 23.3 Å². The lowest BCUT2D eigenvalue weighted by atomic mass is 9.99. The summed E-state index contributed by atoms with van der Waals surface area (Å²) in [5.41, 5.74) is 5.56. The van der Waals surface area contributed by atoms with Crippen LogP contribution in [0, 0.1) is 0 Å². The zero-order valence-corrected chi connectivity index (χ0v) is 13.6. The number of carbonyl (C=O) groups is 3. The zero-order chi connectivity index (χ0) is 17.9. The Morgan fingerprint density at radius 3 is 2.16 bits per heavy atom. The van der Waals surface area contributed by atoms with Crippen LogP contribution in [0.25, 0.3) is 0 Å². The fourth-order valence-corrected chi connectivity index (χ4v) is 2.70. The maximum atomic E-state index is 12.6. The van der Waals surface area contributed by atoms with Crippen LogP contribution in [0.15, 0.2) is 60.7 Å². The first-order valence-corrected chi connectivity index (χ1v) is 7.89. The van der Waals surface area contributed by atoms with Crippen LogP contribution in [-0.2, 0) is 32.3 Å². The smallest absolute Gasteiger partial charge is 0.336 e. The van der Waals surface area contributed by atoms with E-state index in [2.05, 4.69) is 0 Å². The van der Waals surface area contributed by atoms with E-state index in [-0.39, 0.29) is 19.6 Å². The molecule has 2 aromatic rings. The van der Waals surface area contributed by atoms with Gasteiger partial charge in [0.25, 0.3) is 5.91 Å². The SMILES string of the molecule is N[C@@]1(C(=O)OCc2ccccc2)CC(=O)N(Cc2ccccc2)C1=O. The number of benzene rings is 2. The minimum Gasteiger partial charge on any atom is -0.459 e. The first-order valence-electron chi connectivity index (χ1n) is 7.89. The van der Waals surface area contributed by atoms with Gasteiger partial charge in [-0.3, -0.25) is 14.5 Å². The average Bonchev–Trinajstić information content (AvgIpc) is 2.85. The van der Waals surface area contributed by atoms with Crippen LogP contribution in [-0.4, -0.2) is 28.2 Å². The third-order valence-corrected chi connectivity index (χ3v) is 4.12. The largest absolute Gasteiger partial charge is 0.459 e. The number of ether oxygens (including phenoxy) is 1. The number of esters is 1. The van der Waals surface area contributed by atoms with Crippen LogP contribution in [0.5, 0.6) is 0 Å². The summed E-state index contributed by atoms with van der Waals surface area (Å²) < 4.78 is 5.17. The molecule has 0 bridgehead atoms. The first-order chi connectivity index (χ1) is 12.0. The summed E-state index contributed by atoms with van der Waals surface area (Å²) in [6.07, 6.45) is -0.383. The molecule has 1 aliphatic rings. The van der Waals surface area contributed by atoms with E-state index in [4.69, 9.17) is 10.5 Å². The van der Waals surface area contributed by atoms with Gasteiger partial charge in [0.05, 0.1) is 13.0 Å². The van der Waals surface area contributed by atoms with Crippen molar-refractivity contribution >= 4 is 17.8 Å². The predicted molar refractivity (Wildman–Crippen MR) is 89.8 cm³/mol. The van der Waals surface area contributed by atoms with Crippen molar-refractivity contribution in [3.63, 3.8) is 0 Å². The Morgan fingerprint density at radius 1 is 1.00 bits per heavy atom. The van der Waals surface area contributed by atoms with Gasteiger partial charge in [0.15, 0.2) is 0 Å². The van der Waals surface area contributed by atoms with E-state index >= 15 is 0 Å². The van der Waals surface area contributed by atoms with E-state index in [1.54, 1.807) is 24.3 Å². The van der Waals surface area contributed by atoms with Gasteiger partial charge >= 0.3 is 5.97 Å². The molecule has 6 nitrogen and oxygen atoms in total. The molecule has 128 valence electrons. The standard InChI is InChI=1S/C19H18N2O4/c20-19(18(24)25-13-15-9-5-2-6-10-15)11-16(22)21(17(19)23)12-14-7-3-1-4-8-14/h1-10H,11-13,20H2/t19-/m0/s1. The normalized spacial score (nSPS) is 20.0. The molecule has 1 saturated heterocycles. The molecular formula is C19H18N2O4. The number of hydrogen-bond donors (Lipinski definition) is 1. The van der Waals surface area contributed by atoms with Crippen molar-refractivity contribution in [1.82, 2.24) is 4.90 Å². The highest BCUT2D eigenvalue weighted by atomic mass is 16.5. The second-order valence-corrected chi connectivity index (χ2v) is 5.98. The minimum absolute atomic E-state index is 0.00121. The molecule has 6 heteroatoms. The molecule has 0 spiro atoms. The Hall–Kier alpha value is -2.99. The Kier molecular flexibility index (Phi) is 4.63. The molecule has 3 rings (SSSR count). The van der Waals surface area contributed by atoms with Gasteiger partial charge in [0, 0.05) is 0 Å². The fraction of sp³-hybridized carbons (Fsp3) is 0.211. The maximum Gasteiger partial charge on any atom is 0.336 e. The van der Waals surface area contributed by atoms with E-state index in [1.165, 1.54) is 0 Å². The van der Waals surface area contributed by atoms with E-state index in [1.807, 2.05) is 36.4 Å². The van der Waals surface area contributed by atoms with Crippen LogP contribution in [0.1, 0.15) is 17.5 Å². The summed E-state index contributed by atoms with van der Waals surface area (Å²) in [5.74, 6) is -2.09. The Morgan fingerprint density at radius 2 is 1.56 bits per heavy atom. The monoisotopic (exact) mass is 338 g/mol. The first kappa shape index (κ1) is 16.9. The molecule has 1 atom stereocenters. The molecule has 0 unspecified atom stereocenters. The lowest BCUT2D eigenvalue weighted by Crippen LogP contribution is -2.55. The molecule has 0 aliphatic carbocycles. The van der Waals surface area contributed by atoms with Crippen molar-refractivity contribution in [3.05, 3.63) is 71.8 Å². The number of hydrogen-bond acceptors (Lipinski definition) is 5. The van der Waals surface area contributed by atoms with E-state index in [9.17, 15) is 14.4 Å². The van der Waals surface area contributed by atoms with Crippen LogP contribution < -0.4 is 5.73 Å². The van der Waals surface area contributed by atoms with Crippen LogP contribution in [0.2, 0.25) is 0 Å². The number of nitrogens with zero attached hydrogens (tertiary/aromatic N) is 1. The molecule has 0 radical (unpaired) electrons. The van der Waals surface area contributed by atoms with Crippen molar-refractivity contribution in [2.24, 2.45) is 5.73 Å². The molecule has 1 aliphatic heterocycles. The van der Waals surface area contributed by atoms with Gasteiger partial charge in [-0.2, -0.15) is 0 Å². The molecule has 0 aromatic heterocycles. The van der Waals surface area contributed by atoms with Gasteiger partial charge in [-0.15, -0.1) is 0 Å². The van der Waals surface area contributed by atoms with Gasteiger partial charge in [-0.05, 0) is 11.1 Å². The predicted octanol–water partition coefficient (Wildman–Crippen LogP) is 1.39.